The van der Waals surface area contributed by atoms with Gasteiger partial charge in [-0.25, -0.2) is 0 Å². The molecule has 0 bridgehead atoms. The largest absolute Gasteiger partial charge is 0.367 e. The molecule has 0 saturated carbocycles. The zero-order valence-electron chi connectivity index (χ0n) is 16.6. The van der Waals surface area contributed by atoms with E-state index in [-0.39, 0.29) is 18.3 Å². The third-order valence-corrected chi connectivity index (χ3v) is 5.02. The maximum Gasteiger partial charge on any atom is 0.251 e. The Kier molecular flexibility index (Phi) is 9.28. The Bertz CT molecular complexity index is 702. The van der Waals surface area contributed by atoms with Crippen molar-refractivity contribution >= 4 is 24.0 Å². The maximum atomic E-state index is 12.4. The van der Waals surface area contributed by atoms with Gasteiger partial charge in [0.05, 0.1) is 0 Å². The van der Waals surface area contributed by atoms with Gasteiger partial charge in [0.15, 0.2) is 0 Å². The van der Waals surface area contributed by atoms with Crippen molar-refractivity contribution < 1.29 is 4.79 Å². The normalized spacial score (nSPS) is 14.2. The summed E-state index contributed by atoms with van der Waals surface area (Å²) in [4.78, 5) is 17.1. The first kappa shape index (κ1) is 22.2. The molecule has 0 aromatic heterocycles. The Morgan fingerprint density at radius 3 is 2.39 bits per heavy atom. The zero-order chi connectivity index (χ0) is 18.9. The summed E-state index contributed by atoms with van der Waals surface area (Å²) in [5.74, 6) is 0.00259. The van der Waals surface area contributed by atoms with Crippen LogP contribution in [0.1, 0.15) is 22.8 Å². The van der Waals surface area contributed by atoms with Crippen molar-refractivity contribution in [1.82, 2.24) is 15.5 Å². The molecule has 6 heteroatoms. The van der Waals surface area contributed by atoms with Crippen LogP contribution in [0, 0.1) is 0 Å². The van der Waals surface area contributed by atoms with Gasteiger partial charge in [-0.1, -0.05) is 30.3 Å². The molecule has 1 aliphatic rings. The van der Waals surface area contributed by atoms with Crippen LogP contribution in [0.5, 0.6) is 0 Å². The summed E-state index contributed by atoms with van der Waals surface area (Å²) in [5, 5.41) is 6.38. The Labute approximate surface area is 174 Å². The molecule has 0 aliphatic carbocycles. The van der Waals surface area contributed by atoms with Crippen molar-refractivity contribution in [3.05, 3.63) is 65.7 Å². The van der Waals surface area contributed by atoms with Gasteiger partial charge >= 0.3 is 0 Å². The molecule has 0 radical (unpaired) electrons. The smallest absolute Gasteiger partial charge is 0.251 e. The quantitative estimate of drug-likeness (QED) is 0.712. The highest BCUT2D eigenvalue weighted by Crippen LogP contribution is 2.18. The third-order valence-electron chi connectivity index (χ3n) is 5.02. The lowest BCUT2D eigenvalue weighted by Crippen LogP contribution is -2.46. The van der Waals surface area contributed by atoms with E-state index in [1.54, 1.807) is 0 Å². The molecule has 0 atom stereocenters. The van der Waals surface area contributed by atoms with Crippen LogP contribution in [0.15, 0.2) is 54.6 Å². The number of hydrogen-bond donors (Lipinski definition) is 2. The molecule has 152 valence electrons. The first-order chi connectivity index (χ1) is 13.3. The van der Waals surface area contributed by atoms with Crippen molar-refractivity contribution in [3.8, 4) is 0 Å². The van der Waals surface area contributed by atoms with Gasteiger partial charge in [-0.2, -0.15) is 0 Å². The molecule has 2 N–H and O–H groups in total. The highest BCUT2D eigenvalue weighted by atomic mass is 35.5. The van der Waals surface area contributed by atoms with Crippen molar-refractivity contribution in [2.45, 2.75) is 13.5 Å². The van der Waals surface area contributed by atoms with Crippen LogP contribution in [0.4, 0.5) is 5.69 Å². The molecule has 1 saturated heterocycles. The number of anilines is 1. The molecular weight excluding hydrogens is 372 g/mol. The fraction of sp³-hybridized carbons (Fsp3) is 0.409. The highest BCUT2D eigenvalue weighted by Gasteiger charge is 2.11. The van der Waals surface area contributed by atoms with Crippen LogP contribution in [0.2, 0.25) is 0 Å². The number of amides is 1. The van der Waals surface area contributed by atoms with Gasteiger partial charge in [-0.05, 0) is 36.8 Å². The van der Waals surface area contributed by atoms with Crippen LogP contribution < -0.4 is 15.5 Å². The number of benzene rings is 2. The van der Waals surface area contributed by atoms with E-state index in [2.05, 4.69) is 51.6 Å². The number of nitrogens with zero attached hydrogens (tertiary/aromatic N) is 2. The lowest BCUT2D eigenvalue weighted by atomic mass is 10.1. The first-order valence-corrected chi connectivity index (χ1v) is 9.86. The van der Waals surface area contributed by atoms with Crippen LogP contribution in [0.25, 0.3) is 0 Å². The van der Waals surface area contributed by atoms with Gasteiger partial charge in [0.2, 0.25) is 0 Å². The zero-order valence-corrected chi connectivity index (χ0v) is 17.4. The average molecular weight is 403 g/mol. The van der Waals surface area contributed by atoms with E-state index in [4.69, 9.17) is 0 Å². The standard InChI is InChI=1S/C22H30N4O.ClH/c1-2-26(18-19-6-4-3-5-7-19)21-10-8-20(9-11-21)22(27)24-14-17-25-15-12-23-13-16-25;/h3-11,23H,2,12-18H2,1H3,(H,24,27);1H. The molecule has 2 aromatic rings. The fourth-order valence-corrected chi connectivity index (χ4v) is 3.38. The number of nitrogens with one attached hydrogen (secondary N) is 2. The lowest BCUT2D eigenvalue weighted by Gasteiger charge is -2.27. The van der Waals surface area contributed by atoms with E-state index >= 15 is 0 Å². The number of carbonyl (C=O) groups excluding carboxylic acids is 1. The van der Waals surface area contributed by atoms with Gasteiger partial charge in [0, 0.05) is 63.6 Å². The summed E-state index contributed by atoms with van der Waals surface area (Å²) < 4.78 is 0. The fourth-order valence-electron chi connectivity index (χ4n) is 3.38. The van der Waals surface area contributed by atoms with Crippen LogP contribution in [0.3, 0.4) is 0 Å². The van der Waals surface area contributed by atoms with Gasteiger partial charge in [0.25, 0.3) is 5.91 Å². The molecule has 28 heavy (non-hydrogen) atoms. The molecule has 2 aromatic carbocycles. The van der Waals surface area contributed by atoms with Crippen molar-refractivity contribution in [2.75, 3.05) is 50.7 Å². The Hall–Kier alpha value is -2.08. The van der Waals surface area contributed by atoms with E-state index in [9.17, 15) is 4.79 Å². The van der Waals surface area contributed by atoms with E-state index in [0.29, 0.717) is 6.54 Å². The summed E-state index contributed by atoms with van der Waals surface area (Å²) in [6.07, 6.45) is 0. The minimum Gasteiger partial charge on any atom is -0.367 e. The monoisotopic (exact) mass is 402 g/mol. The molecule has 1 fully saturated rings. The Balaban J connectivity index is 0.00000280. The average Bonchev–Trinajstić information content (AvgIpc) is 2.73. The van der Waals surface area contributed by atoms with Gasteiger partial charge in [-0.3, -0.25) is 9.69 Å². The Morgan fingerprint density at radius 1 is 1.07 bits per heavy atom. The molecule has 1 aliphatic heterocycles. The SMILES string of the molecule is CCN(Cc1ccccc1)c1ccc(C(=O)NCCN2CCNCC2)cc1.Cl. The molecule has 1 amide bonds. The van der Waals surface area contributed by atoms with Crippen LogP contribution in [-0.2, 0) is 6.54 Å². The molecular formula is C22H31ClN4O. The van der Waals surface area contributed by atoms with Gasteiger partial charge in [0.1, 0.15) is 0 Å². The summed E-state index contributed by atoms with van der Waals surface area (Å²) in [6.45, 7) is 9.72. The summed E-state index contributed by atoms with van der Waals surface area (Å²) in [7, 11) is 0. The second-order valence-corrected chi connectivity index (χ2v) is 6.89. The first-order valence-electron chi connectivity index (χ1n) is 9.86. The molecule has 0 spiro atoms. The second-order valence-electron chi connectivity index (χ2n) is 6.89. The number of rotatable bonds is 8. The maximum absolute atomic E-state index is 12.4. The van der Waals surface area contributed by atoms with E-state index < -0.39 is 0 Å². The van der Waals surface area contributed by atoms with Gasteiger partial charge in [-0.15, -0.1) is 12.4 Å². The molecule has 5 nitrogen and oxygen atoms in total. The number of hydrogen-bond acceptors (Lipinski definition) is 4. The van der Waals surface area contributed by atoms with Crippen molar-refractivity contribution in [1.29, 1.82) is 0 Å². The third kappa shape index (κ3) is 6.51. The van der Waals surface area contributed by atoms with Crippen LogP contribution in [-0.4, -0.2) is 56.6 Å². The molecule has 0 unspecified atom stereocenters. The van der Waals surface area contributed by atoms with Crippen LogP contribution >= 0.6 is 12.4 Å². The number of piperazine rings is 1. The topological polar surface area (TPSA) is 47.6 Å². The van der Waals surface area contributed by atoms with Crippen molar-refractivity contribution in [3.63, 3.8) is 0 Å². The minimum absolute atomic E-state index is 0. The summed E-state index contributed by atoms with van der Waals surface area (Å²) in [6, 6.07) is 18.4. The summed E-state index contributed by atoms with van der Waals surface area (Å²) >= 11 is 0. The molecule has 1 heterocycles. The predicted molar refractivity (Wildman–Crippen MR) is 118 cm³/mol. The van der Waals surface area contributed by atoms with Crippen molar-refractivity contribution in [2.24, 2.45) is 0 Å². The van der Waals surface area contributed by atoms with E-state index in [0.717, 1.165) is 57.1 Å². The highest BCUT2D eigenvalue weighted by molar-refractivity contribution is 5.94. The summed E-state index contributed by atoms with van der Waals surface area (Å²) in [5.41, 5.74) is 3.14. The van der Waals surface area contributed by atoms with Gasteiger partial charge < -0.3 is 15.5 Å². The number of halogens is 1. The van der Waals surface area contributed by atoms with E-state index in [1.165, 1.54) is 5.56 Å². The predicted octanol–water partition coefficient (Wildman–Crippen LogP) is 2.77. The molecule has 3 rings (SSSR count). The lowest BCUT2D eigenvalue weighted by molar-refractivity contribution is 0.0947. The van der Waals surface area contributed by atoms with E-state index in [1.807, 2.05) is 30.3 Å². The number of carbonyl (C=O) groups is 1. The second kappa shape index (κ2) is 11.7. The Morgan fingerprint density at radius 2 is 1.75 bits per heavy atom. The minimum atomic E-state index is 0.